The van der Waals surface area contributed by atoms with Gasteiger partial charge >= 0.3 is 6.18 Å². The van der Waals surface area contributed by atoms with Gasteiger partial charge in [-0.3, -0.25) is 4.79 Å². The summed E-state index contributed by atoms with van der Waals surface area (Å²) in [5.74, 6) is -0.137. The normalized spacial score (nSPS) is 17.0. The molecule has 3 heterocycles. The van der Waals surface area contributed by atoms with Crippen molar-refractivity contribution in [2.24, 2.45) is 5.73 Å². The van der Waals surface area contributed by atoms with Crippen LogP contribution in [-0.2, 0) is 6.18 Å². The van der Waals surface area contributed by atoms with Crippen LogP contribution in [0, 0.1) is 0 Å². The number of likely N-dealkylation sites (tertiary alicyclic amines) is 1. The Labute approximate surface area is 165 Å². The smallest absolute Gasteiger partial charge is 0.333 e. The summed E-state index contributed by atoms with van der Waals surface area (Å²) in [6.45, 7) is 0.979. The van der Waals surface area contributed by atoms with Crippen LogP contribution in [0.25, 0.3) is 5.82 Å². The van der Waals surface area contributed by atoms with Gasteiger partial charge in [-0.1, -0.05) is 5.21 Å². The molecule has 12 heteroatoms. The molecule has 1 atom stereocenters. The average molecular weight is 427 g/mol. The fourth-order valence-corrected chi connectivity index (χ4v) is 2.82. The Bertz CT molecular complexity index is 753. The van der Waals surface area contributed by atoms with Gasteiger partial charge in [-0.25, -0.2) is 9.67 Å². The minimum atomic E-state index is -4.46. The maximum atomic E-state index is 12.6. The molecule has 0 bridgehead atoms. The van der Waals surface area contributed by atoms with Crippen LogP contribution in [0.4, 0.5) is 13.2 Å². The molecular weight excluding hydrogens is 408 g/mol. The summed E-state index contributed by atoms with van der Waals surface area (Å²) in [6.07, 6.45) is 0.385. The van der Waals surface area contributed by atoms with Crippen molar-refractivity contribution in [2.45, 2.75) is 31.5 Å². The van der Waals surface area contributed by atoms with Crippen molar-refractivity contribution in [1.82, 2.24) is 24.9 Å². The van der Waals surface area contributed by atoms with E-state index in [1.54, 1.807) is 4.90 Å². The van der Waals surface area contributed by atoms with Gasteiger partial charge < -0.3 is 10.6 Å². The largest absolute Gasteiger partial charge is 0.417 e. The molecule has 0 aromatic carbocycles. The molecule has 1 unspecified atom stereocenters. The lowest BCUT2D eigenvalue weighted by molar-refractivity contribution is -0.137. The molecule has 2 aromatic heterocycles. The first kappa shape index (κ1) is 23.1. The fourth-order valence-electron chi connectivity index (χ4n) is 2.82. The molecule has 2 N–H and O–H groups in total. The number of piperidine rings is 1. The molecule has 1 aliphatic heterocycles. The summed E-state index contributed by atoms with van der Waals surface area (Å²) in [6, 6.07) is 2.05. The Hall–Kier alpha value is -1.91. The van der Waals surface area contributed by atoms with Gasteiger partial charge in [-0.2, -0.15) is 13.2 Å². The first-order valence-corrected chi connectivity index (χ1v) is 7.87. The second-order valence-electron chi connectivity index (χ2n) is 5.84. The van der Waals surface area contributed by atoms with Crippen LogP contribution in [0.1, 0.15) is 35.3 Å². The lowest BCUT2D eigenvalue weighted by atomic mass is 10.0. The first-order valence-electron chi connectivity index (χ1n) is 7.87. The van der Waals surface area contributed by atoms with Gasteiger partial charge in [0, 0.05) is 25.3 Å². The van der Waals surface area contributed by atoms with E-state index in [1.165, 1.54) is 16.9 Å². The number of alkyl halides is 3. The zero-order valence-electron chi connectivity index (χ0n) is 14.1. The average Bonchev–Trinajstić information content (AvgIpc) is 3.10. The Kier molecular flexibility index (Phi) is 8.00. The molecule has 27 heavy (non-hydrogen) atoms. The van der Waals surface area contributed by atoms with Crippen molar-refractivity contribution < 1.29 is 18.0 Å². The van der Waals surface area contributed by atoms with Crippen molar-refractivity contribution in [3.63, 3.8) is 0 Å². The molecule has 150 valence electrons. The van der Waals surface area contributed by atoms with Gasteiger partial charge in [-0.15, -0.1) is 29.9 Å². The van der Waals surface area contributed by atoms with Crippen LogP contribution >= 0.6 is 24.8 Å². The van der Waals surface area contributed by atoms with E-state index in [-0.39, 0.29) is 48.3 Å². The summed E-state index contributed by atoms with van der Waals surface area (Å²) in [4.78, 5) is 18.0. The number of hydrogen-bond acceptors (Lipinski definition) is 5. The van der Waals surface area contributed by atoms with E-state index in [0.717, 1.165) is 25.3 Å². The lowest BCUT2D eigenvalue weighted by Crippen LogP contribution is -2.47. The van der Waals surface area contributed by atoms with E-state index in [1.807, 2.05) is 0 Å². The second kappa shape index (κ2) is 9.34. The van der Waals surface area contributed by atoms with Crippen LogP contribution in [-0.4, -0.2) is 49.9 Å². The molecule has 3 rings (SSSR count). The van der Waals surface area contributed by atoms with E-state index in [2.05, 4.69) is 15.3 Å². The number of pyridine rings is 1. The number of carbonyl (C=O) groups excluding carboxylic acids is 1. The van der Waals surface area contributed by atoms with E-state index in [9.17, 15) is 18.0 Å². The van der Waals surface area contributed by atoms with E-state index in [0.29, 0.717) is 19.3 Å². The Balaban J connectivity index is 0.00000182. The SMILES string of the molecule is Cl.Cl.NCC1CCCCN1C(=O)c1cn(-c2ccc(C(F)(F)F)cn2)nn1. The molecule has 1 aliphatic rings. The number of halogens is 5. The van der Waals surface area contributed by atoms with Gasteiger partial charge in [0.25, 0.3) is 5.91 Å². The number of amides is 1. The summed E-state index contributed by atoms with van der Waals surface area (Å²) in [5, 5.41) is 7.62. The van der Waals surface area contributed by atoms with Gasteiger partial charge in [-0.05, 0) is 31.4 Å². The quantitative estimate of drug-likeness (QED) is 0.813. The number of hydrogen-bond donors (Lipinski definition) is 1. The van der Waals surface area contributed by atoms with Crippen molar-refractivity contribution in [3.05, 3.63) is 35.8 Å². The molecule has 2 aromatic rings. The third-order valence-electron chi connectivity index (χ3n) is 4.18. The van der Waals surface area contributed by atoms with Gasteiger partial charge in [0.2, 0.25) is 0 Å². The van der Waals surface area contributed by atoms with Crippen molar-refractivity contribution in [2.75, 3.05) is 13.1 Å². The number of aromatic nitrogens is 4. The monoisotopic (exact) mass is 426 g/mol. The van der Waals surface area contributed by atoms with Crippen LogP contribution in [0.3, 0.4) is 0 Å². The molecule has 0 aliphatic carbocycles. The number of nitrogens with two attached hydrogens (primary N) is 1. The highest BCUT2D eigenvalue weighted by Crippen LogP contribution is 2.28. The molecule has 1 amide bonds. The fraction of sp³-hybridized carbons (Fsp3) is 0.467. The maximum Gasteiger partial charge on any atom is 0.417 e. The van der Waals surface area contributed by atoms with Crippen molar-refractivity contribution >= 4 is 30.7 Å². The number of carbonyl (C=O) groups is 1. The summed E-state index contributed by atoms with van der Waals surface area (Å²) < 4.78 is 38.9. The number of rotatable bonds is 3. The standard InChI is InChI=1S/C15H17F3N6O.2ClH/c16-15(17,18)10-4-5-13(20-8-10)24-9-12(21-22-24)14(25)23-6-2-1-3-11(23)7-19;;/h4-5,8-9,11H,1-3,6-7,19H2;2*1H. The Morgan fingerprint density at radius 3 is 2.59 bits per heavy atom. The van der Waals surface area contributed by atoms with Crippen molar-refractivity contribution in [1.29, 1.82) is 0 Å². The molecular formula is C15H19Cl2F3N6O. The summed E-state index contributed by atoms with van der Waals surface area (Å²) in [7, 11) is 0. The van der Waals surface area contributed by atoms with Gasteiger partial charge in [0.15, 0.2) is 11.5 Å². The molecule has 0 spiro atoms. The van der Waals surface area contributed by atoms with E-state index >= 15 is 0 Å². The van der Waals surface area contributed by atoms with Gasteiger partial charge in [0.1, 0.15) is 0 Å². The predicted octanol–water partition coefficient (Wildman–Crippen LogP) is 2.48. The third kappa shape index (κ3) is 5.08. The minimum Gasteiger partial charge on any atom is -0.333 e. The second-order valence-corrected chi connectivity index (χ2v) is 5.84. The lowest BCUT2D eigenvalue weighted by Gasteiger charge is -2.34. The van der Waals surface area contributed by atoms with Crippen LogP contribution in [0.5, 0.6) is 0 Å². The molecule has 1 fully saturated rings. The van der Waals surface area contributed by atoms with Crippen LogP contribution < -0.4 is 5.73 Å². The van der Waals surface area contributed by atoms with Crippen LogP contribution in [0.15, 0.2) is 24.5 Å². The first-order chi connectivity index (χ1) is 11.9. The molecule has 7 nitrogen and oxygen atoms in total. The number of nitrogens with zero attached hydrogens (tertiary/aromatic N) is 5. The summed E-state index contributed by atoms with van der Waals surface area (Å²) in [5.41, 5.74) is 4.98. The predicted molar refractivity (Wildman–Crippen MR) is 96.4 cm³/mol. The molecule has 1 saturated heterocycles. The highest BCUT2D eigenvalue weighted by atomic mass is 35.5. The highest BCUT2D eigenvalue weighted by molar-refractivity contribution is 5.92. The van der Waals surface area contributed by atoms with Crippen molar-refractivity contribution in [3.8, 4) is 5.82 Å². The molecule has 0 radical (unpaired) electrons. The Morgan fingerprint density at radius 1 is 1.26 bits per heavy atom. The Morgan fingerprint density at radius 2 is 2.00 bits per heavy atom. The topological polar surface area (TPSA) is 89.9 Å². The van der Waals surface area contributed by atoms with Gasteiger partial charge in [0.05, 0.1) is 11.8 Å². The minimum absolute atomic E-state index is 0. The molecule has 0 saturated carbocycles. The maximum absolute atomic E-state index is 12.6. The van der Waals surface area contributed by atoms with E-state index in [4.69, 9.17) is 5.73 Å². The third-order valence-corrected chi connectivity index (χ3v) is 4.18. The summed E-state index contributed by atoms with van der Waals surface area (Å²) >= 11 is 0. The van der Waals surface area contributed by atoms with Crippen LogP contribution in [0.2, 0.25) is 0 Å². The zero-order chi connectivity index (χ0) is 18.0. The highest BCUT2D eigenvalue weighted by Gasteiger charge is 2.31. The zero-order valence-corrected chi connectivity index (χ0v) is 15.7. The van der Waals surface area contributed by atoms with E-state index < -0.39 is 11.7 Å².